The maximum Gasteiger partial charge on any atom is 0.245 e. The van der Waals surface area contributed by atoms with Crippen LogP contribution in [0.4, 0.5) is 0 Å². The van der Waals surface area contributed by atoms with E-state index in [1.165, 1.54) is 5.56 Å². The Hall–Kier alpha value is -0.450. The quantitative estimate of drug-likeness (QED) is 0.667. The molecular weight excluding hydrogens is 188 g/mol. The van der Waals surface area contributed by atoms with Crippen LogP contribution < -0.4 is 4.52 Å². The number of benzene rings is 1. The van der Waals surface area contributed by atoms with Gasteiger partial charge in [-0.1, -0.05) is 17.7 Å². The molecular formula is C8H11NOP2. The molecule has 0 aliphatic heterocycles. The molecule has 0 aliphatic carbocycles. The van der Waals surface area contributed by atoms with E-state index < -0.39 is 0 Å². The fourth-order valence-corrected chi connectivity index (χ4v) is 1.45. The second-order valence-electron chi connectivity index (χ2n) is 2.56. The smallest absolute Gasteiger partial charge is 0.245 e. The van der Waals surface area contributed by atoms with Crippen molar-refractivity contribution in [1.29, 1.82) is 0 Å². The van der Waals surface area contributed by atoms with Gasteiger partial charge < -0.3 is 4.52 Å². The Morgan fingerprint density at radius 2 is 2.17 bits per heavy atom. The van der Waals surface area contributed by atoms with E-state index in [4.69, 9.17) is 4.52 Å². The van der Waals surface area contributed by atoms with Crippen molar-refractivity contribution in [3.8, 4) is 5.75 Å². The number of hydrogen-bond donors (Lipinski definition) is 0. The molecule has 1 aromatic carbocycles. The van der Waals surface area contributed by atoms with E-state index in [1.54, 1.807) is 0 Å². The van der Waals surface area contributed by atoms with E-state index in [1.807, 2.05) is 19.1 Å². The lowest BCUT2D eigenvalue weighted by molar-refractivity contribution is 0.633. The van der Waals surface area contributed by atoms with Crippen molar-refractivity contribution < 1.29 is 4.52 Å². The topological polar surface area (TPSA) is 21.6 Å². The van der Waals surface area contributed by atoms with Gasteiger partial charge in [0.25, 0.3) is 0 Å². The highest BCUT2D eigenvalue weighted by Crippen LogP contribution is 2.23. The second kappa shape index (κ2) is 4.54. The normalized spacial score (nSPS) is 10.6. The lowest BCUT2D eigenvalue weighted by atomic mass is 10.1. The molecule has 1 aromatic rings. The summed E-state index contributed by atoms with van der Waals surface area (Å²) in [6.07, 6.45) is 0. The largest absolute Gasteiger partial charge is 0.423 e. The van der Waals surface area contributed by atoms with Crippen molar-refractivity contribution in [1.82, 2.24) is 0 Å². The maximum atomic E-state index is 5.33. The van der Waals surface area contributed by atoms with Crippen molar-refractivity contribution in [2.24, 2.45) is 4.52 Å². The zero-order valence-electron chi connectivity index (χ0n) is 7.11. The number of aryl methyl sites for hydroxylation is 2. The van der Waals surface area contributed by atoms with Gasteiger partial charge in [0.1, 0.15) is 5.75 Å². The van der Waals surface area contributed by atoms with Crippen molar-refractivity contribution in [3.05, 3.63) is 29.3 Å². The molecule has 0 saturated heterocycles. The Kier molecular flexibility index (Phi) is 3.65. The first-order chi connectivity index (χ1) is 5.74. The molecule has 2 nitrogen and oxygen atoms in total. The molecule has 0 aromatic heterocycles. The third kappa shape index (κ3) is 2.55. The molecule has 0 heterocycles. The molecule has 0 radical (unpaired) electrons. The molecule has 0 N–H and O–H groups in total. The first kappa shape index (κ1) is 9.64. The lowest BCUT2D eigenvalue weighted by Crippen LogP contribution is -1.81. The molecule has 1 atom stereocenters. The molecule has 64 valence electrons. The molecule has 0 bridgehead atoms. The summed E-state index contributed by atoms with van der Waals surface area (Å²) in [6.45, 7) is 4.09. The summed E-state index contributed by atoms with van der Waals surface area (Å²) in [5.41, 5.74) is 2.40. The van der Waals surface area contributed by atoms with E-state index in [0.717, 1.165) is 11.3 Å². The highest BCUT2D eigenvalue weighted by atomic mass is 31.1. The van der Waals surface area contributed by atoms with Crippen LogP contribution in [-0.2, 0) is 0 Å². The van der Waals surface area contributed by atoms with Crippen LogP contribution in [0, 0.1) is 13.8 Å². The SMILES string of the molecule is Cc1ccc(OP=NP)c(C)c1. The summed E-state index contributed by atoms with van der Waals surface area (Å²) in [7, 11) is 2.88. The maximum absolute atomic E-state index is 5.33. The zero-order chi connectivity index (χ0) is 8.97. The summed E-state index contributed by atoms with van der Waals surface area (Å²) in [4.78, 5) is 0. The van der Waals surface area contributed by atoms with Crippen molar-refractivity contribution in [3.63, 3.8) is 0 Å². The third-order valence-electron chi connectivity index (χ3n) is 1.52. The Morgan fingerprint density at radius 3 is 2.75 bits per heavy atom. The first-order valence-electron chi connectivity index (χ1n) is 3.58. The van der Waals surface area contributed by atoms with E-state index in [2.05, 4.69) is 26.9 Å². The fourth-order valence-electron chi connectivity index (χ4n) is 0.969. The highest BCUT2D eigenvalue weighted by Gasteiger charge is 1.97. The molecule has 0 amide bonds. The summed E-state index contributed by atoms with van der Waals surface area (Å²) < 4.78 is 9.09. The van der Waals surface area contributed by atoms with E-state index in [9.17, 15) is 0 Å². The van der Waals surface area contributed by atoms with Gasteiger partial charge in [-0.3, -0.25) is 0 Å². The molecule has 0 spiro atoms. The number of rotatable bonds is 2. The standard InChI is InChI=1S/C8H11NOP2/c1-6-3-4-8(7(2)5-6)10-12-9-11/h3-5H,11H2,1-2H3. The van der Waals surface area contributed by atoms with Crippen LogP contribution in [0.15, 0.2) is 22.7 Å². The third-order valence-corrected chi connectivity index (χ3v) is 2.17. The van der Waals surface area contributed by atoms with Crippen molar-refractivity contribution in [2.75, 3.05) is 0 Å². The Balaban J connectivity index is 2.86. The van der Waals surface area contributed by atoms with E-state index in [-0.39, 0.29) is 0 Å². The molecule has 0 saturated carbocycles. The molecule has 4 heteroatoms. The second-order valence-corrected chi connectivity index (χ2v) is 3.83. The van der Waals surface area contributed by atoms with Gasteiger partial charge in [-0.05, 0) is 34.9 Å². The summed E-state index contributed by atoms with van der Waals surface area (Å²) in [5, 5.41) is 0. The average molecular weight is 199 g/mol. The Bertz CT molecular complexity index is 299. The van der Waals surface area contributed by atoms with E-state index >= 15 is 0 Å². The monoisotopic (exact) mass is 199 g/mol. The van der Waals surface area contributed by atoms with Gasteiger partial charge in [0, 0.05) is 0 Å². The molecule has 1 rings (SSSR count). The van der Waals surface area contributed by atoms with Gasteiger partial charge in [-0.25, -0.2) is 4.52 Å². The predicted molar refractivity (Wildman–Crippen MR) is 55.6 cm³/mol. The fraction of sp³-hybridized carbons (Fsp3) is 0.250. The zero-order valence-corrected chi connectivity index (χ0v) is 9.16. The highest BCUT2D eigenvalue weighted by molar-refractivity contribution is 7.31. The minimum atomic E-state index is 0.621. The summed E-state index contributed by atoms with van der Waals surface area (Å²) in [6, 6.07) is 6.09. The minimum Gasteiger partial charge on any atom is -0.423 e. The lowest BCUT2D eigenvalue weighted by Gasteiger charge is -2.02. The van der Waals surface area contributed by atoms with Crippen LogP contribution in [0.3, 0.4) is 0 Å². The Morgan fingerprint density at radius 1 is 1.42 bits per heavy atom. The van der Waals surface area contributed by atoms with Crippen LogP contribution in [0.25, 0.3) is 0 Å². The van der Waals surface area contributed by atoms with Crippen LogP contribution in [0.5, 0.6) is 5.75 Å². The van der Waals surface area contributed by atoms with Gasteiger partial charge in [0.15, 0.2) is 0 Å². The van der Waals surface area contributed by atoms with Gasteiger partial charge in [0.05, 0.1) is 0 Å². The van der Waals surface area contributed by atoms with Crippen LogP contribution in [0.1, 0.15) is 11.1 Å². The molecule has 0 aliphatic rings. The number of hydrogen-bond acceptors (Lipinski definition) is 2. The van der Waals surface area contributed by atoms with Crippen molar-refractivity contribution >= 4 is 18.0 Å². The predicted octanol–water partition coefficient (Wildman–Crippen LogP) is 3.52. The van der Waals surface area contributed by atoms with Gasteiger partial charge in [-0.15, -0.1) is 0 Å². The summed E-state index contributed by atoms with van der Waals surface area (Å²) >= 11 is 0. The van der Waals surface area contributed by atoms with Crippen molar-refractivity contribution in [2.45, 2.75) is 13.8 Å². The van der Waals surface area contributed by atoms with Gasteiger partial charge in [-0.2, -0.15) is 0 Å². The van der Waals surface area contributed by atoms with Crippen LogP contribution >= 0.6 is 18.0 Å². The van der Waals surface area contributed by atoms with Crippen LogP contribution in [-0.4, -0.2) is 0 Å². The molecule has 1 unspecified atom stereocenters. The van der Waals surface area contributed by atoms with E-state index in [0.29, 0.717) is 8.60 Å². The van der Waals surface area contributed by atoms with Gasteiger partial charge in [0.2, 0.25) is 8.60 Å². The molecule has 12 heavy (non-hydrogen) atoms. The summed E-state index contributed by atoms with van der Waals surface area (Å²) in [5.74, 6) is 0.897. The average Bonchev–Trinajstić information content (AvgIpc) is 2.03. The Labute approximate surface area is 76.6 Å². The molecule has 0 fully saturated rings. The number of nitrogens with zero attached hydrogens (tertiary/aromatic N) is 1. The minimum absolute atomic E-state index is 0.621. The van der Waals surface area contributed by atoms with Crippen LogP contribution in [0.2, 0.25) is 0 Å². The first-order valence-corrected chi connectivity index (χ1v) is 4.86. The van der Waals surface area contributed by atoms with Gasteiger partial charge >= 0.3 is 0 Å².